The predicted octanol–water partition coefficient (Wildman–Crippen LogP) is 1.70. The van der Waals surface area contributed by atoms with Gasteiger partial charge in [0.05, 0.1) is 12.6 Å². The standard InChI is InChI=1S/C14H25NO5/c1-13(2,3)19-11(17)10-7-9(16)8-15(10)12(18)20-14(4,5)6/h9-10,16H,7-8H2,1-6H3/t9?,10-/m0/s1. The van der Waals surface area contributed by atoms with Crippen LogP contribution in [0.5, 0.6) is 0 Å². The molecule has 0 radical (unpaired) electrons. The van der Waals surface area contributed by atoms with Crippen molar-refractivity contribution in [2.24, 2.45) is 0 Å². The molecule has 1 N–H and O–H groups in total. The fourth-order valence-electron chi connectivity index (χ4n) is 1.93. The first-order valence-corrected chi connectivity index (χ1v) is 6.79. The molecule has 0 saturated carbocycles. The zero-order valence-corrected chi connectivity index (χ0v) is 13.1. The Labute approximate surface area is 120 Å². The number of ether oxygens (including phenoxy) is 2. The molecule has 1 aliphatic rings. The number of hydrogen-bond acceptors (Lipinski definition) is 5. The number of likely N-dealkylation sites (tertiary alicyclic amines) is 1. The van der Waals surface area contributed by atoms with Crippen molar-refractivity contribution >= 4 is 12.1 Å². The Morgan fingerprint density at radius 2 is 1.55 bits per heavy atom. The molecule has 20 heavy (non-hydrogen) atoms. The van der Waals surface area contributed by atoms with Crippen molar-refractivity contribution in [1.29, 1.82) is 0 Å². The van der Waals surface area contributed by atoms with E-state index in [4.69, 9.17) is 9.47 Å². The van der Waals surface area contributed by atoms with Gasteiger partial charge < -0.3 is 14.6 Å². The molecule has 6 nitrogen and oxygen atoms in total. The van der Waals surface area contributed by atoms with Crippen molar-refractivity contribution in [3.05, 3.63) is 0 Å². The maximum absolute atomic E-state index is 12.1. The lowest BCUT2D eigenvalue weighted by atomic mass is 10.1. The average Bonchev–Trinajstić information content (AvgIpc) is 2.55. The Balaban J connectivity index is 2.78. The number of amides is 1. The molecule has 1 amide bonds. The van der Waals surface area contributed by atoms with Crippen molar-refractivity contribution in [3.63, 3.8) is 0 Å². The van der Waals surface area contributed by atoms with E-state index in [1.165, 1.54) is 4.90 Å². The maximum Gasteiger partial charge on any atom is 0.411 e. The Kier molecular flexibility index (Phi) is 4.69. The Morgan fingerprint density at radius 1 is 1.05 bits per heavy atom. The third kappa shape index (κ3) is 5.00. The topological polar surface area (TPSA) is 76.1 Å². The van der Waals surface area contributed by atoms with Crippen LogP contribution in [0.1, 0.15) is 48.0 Å². The summed E-state index contributed by atoms with van der Waals surface area (Å²) < 4.78 is 10.5. The summed E-state index contributed by atoms with van der Waals surface area (Å²) in [6.45, 7) is 10.6. The van der Waals surface area contributed by atoms with Crippen LogP contribution in [0.2, 0.25) is 0 Å². The zero-order chi connectivity index (χ0) is 15.7. The lowest BCUT2D eigenvalue weighted by Gasteiger charge is -2.29. The molecule has 116 valence electrons. The minimum Gasteiger partial charge on any atom is -0.458 e. The van der Waals surface area contributed by atoms with Gasteiger partial charge in [-0.3, -0.25) is 4.90 Å². The van der Waals surface area contributed by atoms with E-state index in [0.717, 1.165) is 0 Å². The van der Waals surface area contributed by atoms with Gasteiger partial charge in [0.2, 0.25) is 0 Å². The van der Waals surface area contributed by atoms with Gasteiger partial charge in [0.15, 0.2) is 0 Å². The van der Waals surface area contributed by atoms with Gasteiger partial charge in [0.25, 0.3) is 0 Å². The third-order valence-electron chi connectivity index (χ3n) is 2.59. The minimum absolute atomic E-state index is 0.0822. The van der Waals surface area contributed by atoms with Crippen LogP contribution in [-0.2, 0) is 14.3 Å². The highest BCUT2D eigenvalue weighted by molar-refractivity contribution is 5.82. The van der Waals surface area contributed by atoms with Crippen LogP contribution in [0, 0.1) is 0 Å². The molecule has 2 atom stereocenters. The number of aliphatic hydroxyl groups is 1. The number of carbonyl (C=O) groups excluding carboxylic acids is 2. The van der Waals surface area contributed by atoms with Crippen LogP contribution in [0.4, 0.5) is 4.79 Å². The number of esters is 1. The van der Waals surface area contributed by atoms with E-state index in [9.17, 15) is 14.7 Å². The Bertz CT molecular complexity index is 344. The molecule has 0 aliphatic carbocycles. The molecule has 1 unspecified atom stereocenters. The SMILES string of the molecule is CC(C)(C)OC(=O)[C@@H]1CC(O)CN1C(=O)OC(C)(C)C. The molecule has 1 fully saturated rings. The summed E-state index contributed by atoms with van der Waals surface area (Å²) in [5.41, 5.74) is -1.28. The first kappa shape index (κ1) is 16.8. The highest BCUT2D eigenvalue weighted by Crippen LogP contribution is 2.24. The van der Waals surface area contributed by atoms with E-state index >= 15 is 0 Å². The first-order valence-electron chi connectivity index (χ1n) is 6.79. The van der Waals surface area contributed by atoms with Gasteiger partial charge >= 0.3 is 12.1 Å². The Morgan fingerprint density at radius 3 is 2.00 bits per heavy atom. The van der Waals surface area contributed by atoms with Crippen LogP contribution in [-0.4, -0.2) is 52.0 Å². The predicted molar refractivity (Wildman–Crippen MR) is 73.2 cm³/mol. The van der Waals surface area contributed by atoms with E-state index in [1.807, 2.05) is 0 Å². The number of hydrogen-bond donors (Lipinski definition) is 1. The molecule has 0 spiro atoms. The lowest BCUT2D eigenvalue weighted by molar-refractivity contribution is -0.160. The molecule has 1 rings (SSSR count). The second-order valence-corrected chi connectivity index (χ2v) is 7.07. The van der Waals surface area contributed by atoms with Crippen molar-refractivity contribution in [1.82, 2.24) is 4.90 Å². The van der Waals surface area contributed by atoms with E-state index in [0.29, 0.717) is 0 Å². The molecular weight excluding hydrogens is 262 g/mol. The summed E-state index contributed by atoms with van der Waals surface area (Å²) in [4.78, 5) is 25.4. The fraction of sp³-hybridized carbons (Fsp3) is 0.857. The summed E-state index contributed by atoms with van der Waals surface area (Å²) in [7, 11) is 0. The van der Waals surface area contributed by atoms with Crippen LogP contribution in [0.15, 0.2) is 0 Å². The van der Waals surface area contributed by atoms with Gasteiger partial charge in [0, 0.05) is 6.42 Å². The van der Waals surface area contributed by atoms with Crippen LogP contribution < -0.4 is 0 Å². The smallest absolute Gasteiger partial charge is 0.411 e. The van der Waals surface area contributed by atoms with Gasteiger partial charge in [-0.2, -0.15) is 0 Å². The Hall–Kier alpha value is -1.30. The van der Waals surface area contributed by atoms with Crippen molar-refractivity contribution in [3.8, 4) is 0 Å². The number of β-amino-alcohol motifs (C(OH)–C–C–N with tert-alkyl or cyclic N) is 1. The number of carbonyl (C=O) groups is 2. The summed E-state index contributed by atoms with van der Waals surface area (Å²) >= 11 is 0. The number of nitrogens with zero attached hydrogens (tertiary/aromatic N) is 1. The van der Waals surface area contributed by atoms with Gasteiger partial charge in [0.1, 0.15) is 17.2 Å². The molecule has 1 heterocycles. The number of rotatable bonds is 1. The zero-order valence-electron chi connectivity index (χ0n) is 13.1. The minimum atomic E-state index is -0.793. The molecule has 1 saturated heterocycles. The van der Waals surface area contributed by atoms with Crippen molar-refractivity contribution < 1.29 is 24.2 Å². The van der Waals surface area contributed by atoms with Crippen molar-refractivity contribution in [2.45, 2.75) is 71.3 Å². The third-order valence-corrected chi connectivity index (χ3v) is 2.59. The molecule has 0 aromatic carbocycles. The summed E-state index contributed by atoms with van der Waals surface area (Å²) in [5.74, 6) is -0.514. The maximum atomic E-state index is 12.1. The monoisotopic (exact) mass is 287 g/mol. The molecule has 1 aliphatic heterocycles. The second kappa shape index (κ2) is 5.60. The van der Waals surface area contributed by atoms with Gasteiger partial charge in [-0.25, -0.2) is 9.59 Å². The van der Waals surface area contributed by atoms with Gasteiger partial charge in [-0.1, -0.05) is 0 Å². The first-order chi connectivity index (χ1) is 8.89. The summed E-state index contributed by atoms with van der Waals surface area (Å²) in [6, 6.07) is -0.793. The fourth-order valence-corrected chi connectivity index (χ4v) is 1.93. The van der Waals surface area contributed by atoms with Crippen LogP contribution >= 0.6 is 0 Å². The van der Waals surface area contributed by atoms with Gasteiger partial charge in [-0.15, -0.1) is 0 Å². The highest BCUT2D eigenvalue weighted by Gasteiger charge is 2.42. The molecule has 0 bridgehead atoms. The molecule has 0 aromatic heterocycles. The molecule has 6 heteroatoms. The largest absolute Gasteiger partial charge is 0.458 e. The summed E-state index contributed by atoms with van der Waals surface area (Å²) in [6.07, 6.45) is -1.17. The average molecular weight is 287 g/mol. The van der Waals surface area contributed by atoms with Gasteiger partial charge in [-0.05, 0) is 41.5 Å². The highest BCUT2D eigenvalue weighted by atomic mass is 16.6. The number of aliphatic hydroxyl groups excluding tert-OH is 1. The van der Waals surface area contributed by atoms with E-state index in [-0.39, 0.29) is 13.0 Å². The molecular formula is C14H25NO5. The summed E-state index contributed by atoms with van der Waals surface area (Å²) in [5, 5.41) is 9.71. The van der Waals surface area contributed by atoms with E-state index < -0.39 is 35.4 Å². The van der Waals surface area contributed by atoms with E-state index in [2.05, 4.69) is 0 Å². The van der Waals surface area contributed by atoms with E-state index in [1.54, 1.807) is 41.5 Å². The normalized spacial score (nSPS) is 23.6. The second-order valence-electron chi connectivity index (χ2n) is 7.07. The van der Waals surface area contributed by atoms with Crippen LogP contribution in [0.25, 0.3) is 0 Å². The lowest BCUT2D eigenvalue weighted by Crippen LogP contribution is -2.45. The van der Waals surface area contributed by atoms with Crippen LogP contribution in [0.3, 0.4) is 0 Å². The quantitative estimate of drug-likeness (QED) is 0.743. The van der Waals surface area contributed by atoms with Crippen molar-refractivity contribution in [2.75, 3.05) is 6.54 Å². The molecule has 0 aromatic rings.